The number of fused-ring (bicyclic) bond motifs is 1. The van der Waals surface area contributed by atoms with Gasteiger partial charge in [-0.05, 0) is 40.2 Å². The molecule has 5 heteroatoms. The van der Waals surface area contributed by atoms with E-state index in [-0.39, 0.29) is 5.76 Å². The summed E-state index contributed by atoms with van der Waals surface area (Å²) >= 11 is 5.98. The summed E-state index contributed by atoms with van der Waals surface area (Å²) in [6.07, 6.45) is 1.84. The minimum atomic E-state index is -0.0603. The second-order valence-corrected chi connectivity index (χ2v) is 6.02. The van der Waals surface area contributed by atoms with Gasteiger partial charge in [-0.3, -0.25) is 0 Å². The van der Waals surface area contributed by atoms with E-state index in [2.05, 4.69) is 5.10 Å². The second-order valence-electron chi connectivity index (χ2n) is 5.59. The Bertz CT molecular complexity index is 1070. The quantitative estimate of drug-likeness (QED) is 0.524. The summed E-state index contributed by atoms with van der Waals surface area (Å²) in [6, 6.07) is 18.5. The molecule has 24 heavy (non-hydrogen) atoms. The van der Waals surface area contributed by atoms with Crippen LogP contribution in [0, 0.1) is 6.92 Å². The molecule has 4 rings (SSSR count). The molecule has 0 aliphatic carbocycles. The normalized spacial score (nSPS) is 12.6. The Kier molecular flexibility index (Phi) is 3.47. The predicted molar refractivity (Wildman–Crippen MR) is 90.2 cm³/mol. The molecule has 2 aromatic carbocycles. The van der Waals surface area contributed by atoms with Crippen molar-refractivity contribution in [2.45, 2.75) is 6.92 Å². The van der Waals surface area contributed by atoms with Crippen LogP contribution in [-0.2, 0) is 0 Å². The molecule has 0 aliphatic heterocycles. The molecule has 4 nitrogen and oxygen atoms in total. The highest BCUT2D eigenvalue weighted by molar-refractivity contribution is 6.30. The molecule has 0 spiro atoms. The number of nitrogens with zero attached hydrogens (tertiary/aromatic N) is 3. The largest absolute Gasteiger partial charge is 0.869 e. The average Bonchev–Trinajstić information content (AvgIpc) is 3.16. The van der Waals surface area contributed by atoms with Crippen LogP contribution in [0.3, 0.4) is 0 Å². The van der Waals surface area contributed by atoms with Crippen molar-refractivity contribution in [2.24, 2.45) is 0 Å². The highest BCUT2D eigenvalue weighted by atomic mass is 35.5. The van der Waals surface area contributed by atoms with Gasteiger partial charge in [-0.1, -0.05) is 41.9 Å². The fraction of sp³-hybridized carbons (Fsp3) is 0.0526. The van der Waals surface area contributed by atoms with Crippen molar-refractivity contribution in [2.75, 3.05) is 0 Å². The first kappa shape index (κ1) is 14.7. The highest BCUT2D eigenvalue weighted by Crippen LogP contribution is 2.17. The van der Waals surface area contributed by atoms with Crippen molar-refractivity contribution in [1.82, 2.24) is 9.73 Å². The summed E-state index contributed by atoms with van der Waals surface area (Å²) in [6.45, 7) is 1.95. The van der Waals surface area contributed by atoms with Crippen molar-refractivity contribution in [3.8, 4) is 11.3 Å². The first-order chi connectivity index (χ1) is 11.6. The first-order valence-electron chi connectivity index (χ1n) is 7.58. The Morgan fingerprint density at radius 3 is 2.46 bits per heavy atom. The van der Waals surface area contributed by atoms with Crippen LogP contribution in [0.5, 0.6) is 0 Å². The SMILES string of the molecule is Cc1ccn2nc(-c3ccc(Cl)cc3)/c(=C(\[O-])c3ccccc3)[n+]12. The Hall–Kier alpha value is -2.85. The molecule has 0 atom stereocenters. The Morgan fingerprint density at radius 2 is 1.75 bits per heavy atom. The van der Waals surface area contributed by atoms with E-state index < -0.39 is 0 Å². The maximum absolute atomic E-state index is 13.1. The third-order valence-corrected chi connectivity index (χ3v) is 4.25. The van der Waals surface area contributed by atoms with Crippen molar-refractivity contribution < 1.29 is 9.62 Å². The molecule has 0 radical (unpaired) electrons. The summed E-state index contributed by atoms with van der Waals surface area (Å²) in [5.41, 5.74) is 3.08. The zero-order valence-electron chi connectivity index (χ0n) is 13.0. The van der Waals surface area contributed by atoms with E-state index in [1.54, 1.807) is 16.8 Å². The van der Waals surface area contributed by atoms with Crippen LogP contribution in [0.25, 0.3) is 17.0 Å². The second kappa shape index (κ2) is 5.65. The van der Waals surface area contributed by atoms with Gasteiger partial charge in [-0.2, -0.15) is 0 Å². The minimum absolute atomic E-state index is 0.0603. The molecule has 0 bridgehead atoms. The van der Waals surface area contributed by atoms with Gasteiger partial charge >= 0.3 is 0 Å². The van der Waals surface area contributed by atoms with Gasteiger partial charge in [0.2, 0.25) is 5.35 Å². The molecule has 0 N–H and O–H groups in total. The zero-order chi connectivity index (χ0) is 16.7. The van der Waals surface area contributed by atoms with E-state index in [0.29, 0.717) is 21.6 Å². The van der Waals surface area contributed by atoms with Crippen LogP contribution >= 0.6 is 11.6 Å². The molecule has 2 aromatic heterocycles. The van der Waals surface area contributed by atoms with Gasteiger partial charge in [-0.25, -0.2) is 0 Å². The lowest BCUT2D eigenvalue weighted by Crippen LogP contribution is -2.46. The Labute approximate surface area is 143 Å². The number of aromatic nitrogens is 3. The third-order valence-electron chi connectivity index (χ3n) is 4.00. The Balaban J connectivity index is 2.11. The molecule has 118 valence electrons. The number of halogens is 1. The van der Waals surface area contributed by atoms with Crippen molar-refractivity contribution >= 4 is 17.4 Å². The number of hydrogen-bond acceptors (Lipinski definition) is 2. The smallest absolute Gasteiger partial charge is 0.256 e. The molecule has 0 amide bonds. The molecule has 0 saturated carbocycles. The van der Waals surface area contributed by atoms with Gasteiger partial charge < -0.3 is 5.11 Å². The van der Waals surface area contributed by atoms with Crippen LogP contribution < -0.4 is 15.0 Å². The number of aryl methyl sites for hydroxylation is 1. The van der Waals surface area contributed by atoms with E-state index >= 15 is 0 Å². The van der Waals surface area contributed by atoms with Crippen LogP contribution in [0.2, 0.25) is 5.02 Å². The van der Waals surface area contributed by atoms with Gasteiger partial charge in [-0.15, -0.1) is 4.52 Å². The van der Waals surface area contributed by atoms with Crippen molar-refractivity contribution in [3.63, 3.8) is 0 Å². The molecule has 4 aromatic rings. The maximum atomic E-state index is 13.1. The molecular weight excluding hydrogens is 322 g/mol. The summed E-state index contributed by atoms with van der Waals surface area (Å²) < 4.78 is 3.52. The van der Waals surface area contributed by atoms with Crippen LogP contribution in [0.4, 0.5) is 0 Å². The summed E-state index contributed by atoms with van der Waals surface area (Å²) in [5.74, 6) is -0.0603. The molecule has 0 fully saturated rings. The van der Waals surface area contributed by atoms with E-state index in [0.717, 1.165) is 11.3 Å². The summed E-state index contributed by atoms with van der Waals surface area (Å²) in [4.78, 5) is 0. The van der Waals surface area contributed by atoms with Crippen molar-refractivity contribution in [1.29, 1.82) is 0 Å². The van der Waals surface area contributed by atoms with Crippen LogP contribution in [-0.4, -0.2) is 9.73 Å². The standard InChI is InChI=1S/C19H14ClN3O/c1-13-11-12-22-21-17(14-7-9-16(20)10-8-14)18(23(13)22)19(24)15-5-3-2-4-6-15/h2-12H,1H3. The van der Waals surface area contributed by atoms with Crippen molar-refractivity contribution in [3.05, 3.63) is 88.5 Å². The summed E-state index contributed by atoms with van der Waals surface area (Å²) in [7, 11) is 0. The summed E-state index contributed by atoms with van der Waals surface area (Å²) in [5, 5.41) is 18.9. The lowest BCUT2D eigenvalue weighted by Gasteiger charge is -2.09. The lowest BCUT2D eigenvalue weighted by molar-refractivity contribution is -0.638. The van der Waals surface area contributed by atoms with Gasteiger partial charge in [0, 0.05) is 23.6 Å². The average molecular weight is 336 g/mol. The van der Waals surface area contributed by atoms with E-state index in [1.807, 2.05) is 66.2 Å². The van der Waals surface area contributed by atoms with Gasteiger partial charge in [0.15, 0.2) is 0 Å². The molecule has 0 saturated heterocycles. The first-order valence-corrected chi connectivity index (χ1v) is 7.95. The molecular formula is C19H14ClN3O. The fourth-order valence-corrected chi connectivity index (χ4v) is 2.94. The topological polar surface area (TPSA) is 44.5 Å². The fourth-order valence-electron chi connectivity index (χ4n) is 2.81. The Morgan fingerprint density at radius 1 is 1.04 bits per heavy atom. The van der Waals surface area contributed by atoms with Gasteiger partial charge in [0.1, 0.15) is 5.69 Å². The highest BCUT2D eigenvalue weighted by Gasteiger charge is 2.21. The van der Waals surface area contributed by atoms with Crippen LogP contribution in [0.15, 0.2) is 66.9 Å². The van der Waals surface area contributed by atoms with Gasteiger partial charge in [0.25, 0.3) is 5.69 Å². The van der Waals surface area contributed by atoms with Crippen LogP contribution in [0.1, 0.15) is 11.3 Å². The number of rotatable bonds is 2. The molecule has 0 aliphatic rings. The predicted octanol–water partition coefficient (Wildman–Crippen LogP) is 1.78. The molecule has 2 heterocycles. The number of hydrogen-bond donors (Lipinski definition) is 0. The van der Waals surface area contributed by atoms with E-state index in [4.69, 9.17) is 11.6 Å². The minimum Gasteiger partial charge on any atom is -0.869 e. The maximum Gasteiger partial charge on any atom is 0.256 e. The zero-order valence-corrected chi connectivity index (χ0v) is 13.7. The number of benzene rings is 2. The van der Waals surface area contributed by atoms with E-state index in [9.17, 15) is 5.11 Å². The molecule has 0 unspecified atom stereocenters. The van der Waals surface area contributed by atoms with E-state index in [1.165, 1.54) is 0 Å². The lowest BCUT2D eigenvalue weighted by atomic mass is 10.1. The monoisotopic (exact) mass is 335 g/mol. The van der Waals surface area contributed by atoms with Gasteiger partial charge in [0.05, 0.1) is 11.3 Å². The third kappa shape index (κ3) is 2.32.